The number of amides is 1. The molecule has 0 spiro atoms. The number of hydrogen-bond donors (Lipinski definition) is 0. The van der Waals surface area contributed by atoms with Crippen molar-refractivity contribution in [2.24, 2.45) is 0 Å². The summed E-state index contributed by atoms with van der Waals surface area (Å²) in [5.74, 6) is -0.125. The molecule has 1 amide bonds. The average molecular weight is 481 g/mol. The van der Waals surface area contributed by atoms with E-state index in [1.165, 1.54) is 33.5 Å². The molecule has 170 valence electrons. The van der Waals surface area contributed by atoms with Crippen LogP contribution in [-0.2, 0) is 24.3 Å². The van der Waals surface area contributed by atoms with Crippen LogP contribution in [-0.4, -0.2) is 75.0 Å². The molecule has 1 atom stereocenters. The highest BCUT2D eigenvalue weighted by Crippen LogP contribution is 2.31. The fourth-order valence-electron chi connectivity index (χ4n) is 3.39. The summed E-state index contributed by atoms with van der Waals surface area (Å²) in [6.45, 7) is 0.205. The second-order valence-corrected chi connectivity index (χ2v) is 9.59. The van der Waals surface area contributed by atoms with Crippen molar-refractivity contribution in [3.8, 4) is 11.5 Å². The third-order valence-electron chi connectivity index (χ3n) is 5.15. The van der Waals surface area contributed by atoms with E-state index in [2.05, 4.69) is 0 Å². The van der Waals surface area contributed by atoms with E-state index in [0.717, 1.165) is 0 Å². The summed E-state index contributed by atoms with van der Waals surface area (Å²) in [7, 11) is -3.67. The van der Waals surface area contributed by atoms with Gasteiger partial charge in [0.15, 0.2) is 18.1 Å². The van der Waals surface area contributed by atoms with Crippen molar-refractivity contribution in [3.05, 3.63) is 53.6 Å². The Hall–Kier alpha value is -2.82. The van der Waals surface area contributed by atoms with Crippen molar-refractivity contribution in [2.75, 3.05) is 39.4 Å². The summed E-state index contributed by atoms with van der Waals surface area (Å²) < 4.78 is 42.9. The van der Waals surface area contributed by atoms with Crippen LogP contribution < -0.4 is 9.47 Å². The molecule has 0 aromatic heterocycles. The predicted octanol–water partition coefficient (Wildman–Crippen LogP) is 1.56. The zero-order valence-electron chi connectivity index (χ0n) is 17.0. The largest absolute Gasteiger partial charge is 0.485 e. The predicted molar refractivity (Wildman–Crippen MR) is 114 cm³/mol. The number of nitrogens with zero attached hydrogens (tertiary/aromatic N) is 2. The number of carbonyl (C=O) groups excluding carboxylic acids is 2. The minimum atomic E-state index is -3.67. The standard InChI is InChI=1S/C21H21ClN2O7S/c22-15-5-7-16(8-6-15)32(27,28)24-11-9-23(10-12-24)20(25)14-30-21(26)19-13-29-17-3-1-2-4-18(17)31-19/h1-8,19H,9-14H2. The van der Waals surface area contributed by atoms with Crippen LogP contribution >= 0.6 is 11.6 Å². The maximum Gasteiger partial charge on any atom is 0.351 e. The first-order chi connectivity index (χ1) is 15.3. The van der Waals surface area contributed by atoms with Crippen LogP contribution in [0, 0.1) is 0 Å². The third-order valence-corrected chi connectivity index (χ3v) is 7.32. The molecule has 0 saturated carbocycles. The summed E-state index contributed by atoms with van der Waals surface area (Å²) in [6, 6.07) is 12.9. The third kappa shape index (κ3) is 4.82. The minimum Gasteiger partial charge on any atom is -0.485 e. The lowest BCUT2D eigenvalue weighted by molar-refractivity contribution is -0.160. The summed E-state index contributed by atoms with van der Waals surface area (Å²) in [4.78, 5) is 26.3. The molecule has 1 saturated heterocycles. The van der Waals surface area contributed by atoms with Crippen molar-refractivity contribution in [2.45, 2.75) is 11.0 Å². The van der Waals surface area contributed by atoms with E-state index in [-0.39, 0.29) is 37.7 Å². The molecule has 2 aromatic carbocycles. The number of carbonyl (C=O) groups is 2. The Morgan fingerprint density at radius 2 is 1.66 bits per heavy atom. The van der Waals surface area contributed by atoms with Crippen LogP contribution in [0.15, 0.2) is 53.4 Å². The molecule has 4 rings (SSSR count). The SMILES string of the molecule is O=C(OCC(=O)N1CCN(S(=O)(=O)c2ccc(Cl)cc2)CC1)C1COc2ccccc2O1. The zero-order valence-corrected chi connectivity index (χ0v) is 18.5. The molecule has 32 heavy (non-hydrogen) atoms. The highest BCUT2D eigenvalue weighted by Gasteiger charge is 2.32. The first-order valence-electron chi connectivity index (χ1n) is 9.93. The lowest BCUT2D eigenvalue weighted by atomic mass is 10.2. The zero-order chi connectivity index (χ0) is 22.7. The second-order valence-electron chi connectivity index (χ2n) is 7.21. The molecular weight excluding hydrogens is 460 g/mol. The number of benzene rings is 2. The van der Waals surface area contributed by atoms with Crippen LogP contribution in [0.5, 0.6) is 11.5 Å². The Labute approximate surface area is 190 Å². The maximum absolute atomic E-state index is 12.7. The van der Waals surface area contributed by atoms with Gasteiger partial charge in [-0.2, -0.15) is 4.31 Å². The normalized spacial score (nSPS) is 18.8. The van der Waals surface area contributed by atoms with Crippen LogP contribution in [0.4, 0.5) is 0 Å². The molecule has 11 heteroatoms. The summed E-state index contributed by atoms with van der Waals surface area (Å²) in [6.07, 6.45) is -0.959. The van der Waals surface area contributed by atoms with Gasteiger partial charge in [-0.1, -0.05) is 23.7 Å². The van der Waals surface area contributed by atoms with Crippen molar-refractivity contribution in [1.29, 1.82) is 0 Å². The van der Waals surface area contributed by atoms with Crippen molar-refractivity contribution in [3.63, 3.8) is 0 Å². The molecule has 1 fully saturated rings. The summed E-state index contributed by atoms with van der Waals surface area (Å²) in [5, 5.41) is 0.448. The molecule has 0 aliphatic carbocycles. The number of ether oxygens (including phenoxy) is 3. The van der Waals surface area contributed by atoms with Crippen molar-refractivity contribution < 1.29 is 32.2 Å². The Morgan fingerprint density at radius 1 is 1.00 bits per heavy atom. The highest BCUT2D eigenvalue weighted by molar-refractivity contribution is 7.89. The van der Waals surface area contributed by atoms with E-state index < -0.39 is 34.6 Å². The van der Waals surface area contributed by atoms with Crippen molar-refractivity contribution >= 4 is 33.5 Å². The molecular formula is C21H21ClN2O7S. The van der Waals surface area contributed by atoms with Gasteiger partial charge in [-0.25, -0.2) is 13.2 Å². The Bertz CT molecular complexity index is 1100. The molecule has 2 aliphatic heterocycles. The van der Waals surface area contributed by atoms with Crippen molar-refractivity contribution in [1.82, 2.24) is 9.21 Å². The van der Waals surface area contributed by atoms with E-state index in [1.807, 2.05) is 0 Å². The van der Waals surface area contributed by atoms with Gasteiger partial charge in [0.05, 0.1) is 4.90 Å². The lowest BCUT2D eigenvalue weighted by Crippen LogP contribution is -2.51. The van der Waals surface area contributed by atoms with Gasteiger partial charge in [0.25, 0.3) is 5.91 Å². The Kier molecular flexibility index (Phi) is 6.54. The molecule has 0 N–H and O–H groups in total. The van der Waals surface area contributed by atoms with Crippen LogP contribution in [0.2, 0.25) is 5.02 Å². The minimum absolute atomic E-state index is 0.00866. The van der Waals surface area contributed by atoms with E-state index in [0.29, 0.717) is 16.5 Å². The first kappa shape index (κ1) is 22.4. The summed E-state index contributed by atoms with van der Waals surface area (Å²) in [5.41, 5.74) is 0. The molecule has 2 heterocycles. The fraction of sp³-hybridized carbons (Fsp3) is 0.333. The van der Waals surface area contributed by atoms with Gasteiger partial charge in [0, 0.05) is 31.2 Å². The number of sulfonamides is 1. The number of fused-ring (bicyclic) bond motifs is 1. The Balaban J connectivity index is 1.26. The van der Waals surface area contributed by atoms with E-state index in [4.69, 9.17) is 25.8 Å². The molecule has 2 aromatic rings. The Morgan fingerprint density at radius 3 is 2.34 bits per heavy atom. The maximum atomic E-state index is 12.7. The van der Waals surface area contributed by atoms with Gasteiger partial charge in [0.2, 0.25) is 16.1 Å². The second kappa shape index (κ2) is 9.35. The highest BCUT2D eigenvalue weighted by atomic mass is 35.5. The first-order valence-corrected chi connectivity index (χ1v) is 11.7. The van der Waals surface area contributed by atoms with Gasteiger partial charge in [-0.05, 0) is 36.4 Å². The molecule has 2 aliphatic rings. The number of para-hydroxylation sites is 2. The van der Waals surface area contributed by atoms with Gasteiger partial charge in [-0.3, -0.25) is 4.79 Å². The van der Waals surface area contributed by atoms with Gasteiger partial charge in [-0.15, -0.1) is 0 Å². The monoisotopic (exact) mass is 480 g/mol. The molecule has 0 bridgehead atoms. The van der Waals surface area contributed by atoms with Crippen LogP contribution in [0.1, 0.15) is 0 Å². The topological polar surface area (TPSA) is 102 Å². The van der Waals surface area contributed by atoms with Crippen LogP contribution in [0.3, 0.4) is 0 Å². The van der Waals surface area contributed by atoms with Gasteiger partial charge >= 0.3 is 5.97 Å². The van der Waals surface area contributed by atoms with E-state index in [1.54, 1.807) is 24.3 Å². The number of hydrogen-bond acceptors (Lipinski definition) is 7. The number of halogens is 1. The van der Waals surface area contributed by atoms with Crippen LogP contribution in [0.25, 0.3) is 0 Å². The number of esters is 1. The van der Waals surface area contributed by atoms with E-state index >= 15 is 0 Å². The fourth-order valence-corrected chi connectivity index (χ4v) is 4.93. The van der Waals surface area contributed by atoms with Gasteiger partial charge < -0.3 is 19.1 Å². The molecule has 9 nitrogen and oxygen atoms in total. The lowest BCUT2D eigenvalue weighted by Gasteiger charge is -2.34. The van der Waals surface area contributed by atoms with E-state index in [9.17, 15) is 18.0 Å². The number of piperazine rings is 1. The number of rotatable bonds is 5. The molecule has 0 radical (unpaired) electrons. The smallest absolute Gasteiger partial charge is 0.351 e. The molecule has 1 unspecified atom stereocenters. The quantitative estimate of drug-likeness (QED) is 0.598. The van der Waals surface area contributed by atoms with Gasteiger partial charge in [0.1, 0.15) is 6.61 Å². The average Bonchev–Trinajstić information content (AvgIpc) is 2.82. The summed E-state index contributed by atoms with van der Waals surface area (Å²) >= 11 is 5.82.